The van der Waals surface area contributed by atoms with Gasteiger partial charge in [-0.1, -0.05) is 26.2 Å². The summed E-state index contributed by atoms with van der Waals surface area (Å²) in [6, 6.07) is 3.59. The summed E-state index contributed by atoms with van der Waals surface area (Å²) in [6.07, 6.45) is 5.62. The van der Waals surface area contributed by atoms with Gasteiger partial charge in [-0.25, -0.2) is 4.79 Å². The van der Waals surface area contributed by atoms with Crippen molar-refractivity contribution in [3.05, 3.63) is 24.2 Å². The van der Waals surface area contributed by atoms with Crippen LogP contribution in [0.15, 0.2) is 22.8 Å². The largest absolute Gasteiger partial charge is 0.467 e. The highest BCUT2D eigenvalue weighted by Crippen LogP contribution is 2.00. The number of hydrogen-bond acceptors (Lipinski definition) is 3. The Morgan fingerprint density at radius 3 is 3.00 bits per heavy atom. The Hall–Kier alpha value is -1.45. The summed E-state index contributed by atoms with van der Waals surface area (Å²) in [5, 5.41) is 2.62. The molecule has 0 spiro atoms. The minimum atomic E-state index is -0.382. The number of furan rings is 1. The third-order valence-electron chi connectivity index (χ3n) is 2.22. The Morgan fingerprint density at radius 2 is 2.31 bits per heavy atom. The van der Waals surface area contributed by atoms with Gasteiger partial charge < -0.3 is 14.5 Å². The van der Waals surface area contributed by atoms with Gasteiger partial charge in [-0.3, -0.25) is 0 Å². The number of carbonyl (C=O) groups excluding carboxylic acids is 1. The predicted octanol–water partition coefficient (Wildman–Crippen LogP) is 3.09. The molecule has 90 valence electrons. The molecule has 0 unspecified atom stereocenters. The minimum Gasteiger partial charge on any atom is -0.467 e. The van der Waals surface area contributed by atoms with Crippen LogP contribution in [0.3, 0.4) is 0 Å². The van der Waals surface area contributed by atoms with Gasteiger partial charge >= 0.3 is 6.09 Å². The van der Waals surface area contributed by atoms with Crippen molar-refractivity contribution in [1.29, 1.82) is 0 Å². The average molecular weight is 225 g/mol. The highest BCUT2D eigenvalue weighted by Gasteiger charge is 2.02. The maximum atomic E-state index is 11.2. The molecule has 0 aromatic carbocycles. The summed E-state index contributed by atoms with van der Waals surface area (Å²) in [5.74, 6) is 0.725. The molecule has 0 aliphatic heterocycles. The van der Waals surface area contributed by atoms with E-state index in [0.717, 1.165) is 18.6 Å². The Kier molecular flexibility index (Phi) is 6.15. The quantitative estimate of drug-likeness (QED) is 0.725. The van der Waals surface area contributed by atoms with Crippen LogP contribution in [0.1, 0.15) is 38.4 Å². The third-order valence-corrected chi connectivity index (χ3v) is 2.22. The lowest BCUT2D eigenvalue weighted by Crippen LogP contribution is -2.23. The van der Waals surface area contributed by atoms with E-state index in [1.165, 1.54) is 12.8 Å². The molecule has 1 rings (SSSR count). The van der Waals surface area contributed by atoms with E-state index < -0.39 is 0 Å². The van der Waals surface area contributed by atoms with E-state index in [-0.39, 0.29) is 6.09 Å². The van der Waals surface area contributed by atoms with Gasteiger partial charge in [-0.05, 0) is 18.6 Å². The average Bonchev–Trinajstić information content (AvgIpc) is 2.79. The smallest absolute Gasteiger partial charge is 0.407 e. The molecule has 0 saturated heterocycles. The summed E-state index contributed by atoms with van der Waals surface area (Å²) < 4.78 is 10.1. The molecule has 0 fully saturated rings. The molecule has 0 bridgehead atoms. The van der Waals surface area contributed by atoms with Crippen LogP contribution in [-0.2, 0) is 11.3 Å². The number of amides is 1. The molecule has 1 heterocycles. The number of alkyl carbamates (subject to hydrolysis) is 1. The van der Waals surface area contributed by atoms with E-state index >= 15 is 0 Å². The number of rotatable bonds is 7. The van der Waals surface area contributed by atoms with Crippen molar-refractivity contribution in [3.8, 4) is 0 Å². The molecule has 4 heteroatoms. The second-order valence-corrected chi connectivity index (χ2v) is 3.63. The molecule has 1 aromatic heterocycles. The Morgan fingerprint density at radius 1 is 1.44 bits per heavy atom. The van der Waals surface area contributed by atoms with Crippen molar-refractivity contribution in [2.24, 2.45) is 0 Å². The molecule has 0 atom stereocenters. The Balaban J connectivity index is 1.99. The van der Waals surface area contributed by atoms with Crippen molar-refractivity contribution < 1.29 is 13.9 Å². The Labute approximate surface area is 96.0 Å². The maximum absolute atomic E-state index is 11.2. The van der Waals surface area contributed by atoms with Gasteiger partial charge in [0, 0.05) is 0 Å². The van der Waals surface area contributed by atoms with Crippen LogP contribution < -0.4 is 5.32 Å². The van der Waals surface area contributed by atoms with Crippen molar-refractivity contribution in [1.82, 2.24) is 5.32 Å². The summed E-state index contributed by atoms with van der Waals surface area (Å²) in [6.45, 7) is 3.02. The van der Waals surface area contributed by atoms with E-state index in [2.05, 4.69) is 12.2 Å². The molecule has 0 aliphatic carbocycles. The number of ether oxygens (including phenoxy) is 1. The minimum absolute atomic E-state index is 0.376. The van der Waals surface area contributed by atoms with E-state index in [1.807, 2.05) is 6.07 Å². The number of hydrogen-bond donors (Lipinski definition) is 1. The van der Waals surface area contributed by atoms with Gasteiger partial charge in [0.2, 0.25) is 0 Å². The van der Waals surface area contributed by atoms with Crippen molar-refractivity contribution in [2.75, 3.05) is 6.61 Å². The van der Waals surface area contributed by atoms with Gasteiger partial charge in [-0.2, -0.15) is 0 Å². The van der Waals surface area contributed by atoms with Crippen LogP contribution >= 0.6 is 0 Å². The first-order valence-electron chi connectivity index (χ1n) is 5.76. The number of nitrogens with one attached hydrogen (secondary N) is 1. The lowest BCUT2D eigenvalue weighted by molar-refractivity contribution is 0.142. The SMILES string of the molecule is CCCCCCOC(=O)NCc1ccco1. The second-order valence-electron chi connectivity index (χ2n) is 3.63. The lowest BCUT2D eigenvalue weighted by Gasteiger charge is -2.05. The van der Waals surface area contributed by atoms with Gasteiger partial charge in [0.05, 0.1) is 19.4 Å². The predicted molar refractivity (Wildman–Crippen MR) is 61.0 cm³/mol. The van der Waals surface area contributed by atoms with Crippen molar-refractivity contribution in [3.63, 3.8) is 0 Å². The molecule has 1 amide bonds. The molecule has 16 heavy (non-hydrogen) atoms. The molecule has 0 aliphatic rings. The van der Waals surface area contributed by atoms with Gasteiger partial charge in [0.1, 0.15) is 5.76 Å². The first-order chi connectivity index (χ1) is 7.83. The maximum Gasteiger partial charge on any atom is 0.407 e. The monoisotopic (exact) mass is 225 g/mol. The summed E-state index contributed by atoms with van der Waals surface area (Å²) in [4.78, 5) is 11.2. The van der Waals surface area contributed by atoms with E-state index in [4.69, 9.17) is 9.15 Å². The van der Waals surface area contributed by atoms with Crippen LogP contribution in [-0.4, -0.2) is 12.7 Å². The van der Waals surface area contributed by atoms with Gasteiger partial charge in [0.15, 0.2) is 0 Å². The first-order valence-corrected chi connectivity index (χ1v) is 5.76. The summed E-state index contributed by atoms with van der Waals surface area (Å²) in [7, 11) is 0. The molecule has 0 radical (unpaired) electrons. The fraction of sp³-hybridized carbons (Fsp3) is 0.583. The molecule has 1 aromatic rings. The van der Waals surface area contributed by atoms with Crippen LogP contribution in [0, 0.1) is 0 Å². The summed E-state index contributed by atoms with van der Waals surface area (Å²) >= 11 is 0. The van der Waals surface area contributed by atoms with Crippen LogP contribution in [0.2, 0.25) is 0 Å². The van der Waals surface area contributed by atoms with Crippen LogP contribution in [0.25, 0.3) is 0 Å². The number of carbonyl (C=O) groups is 1. The second kappa shape index (κ2) is 7.79. The molecule has 0 saturated carbocycles. The molecular formula is C12H19NO3. The lowest BCUT2D eigenvalue weighted by atomic mass is 10.2. The summed E-state index contributed by atoms with van der Waals surface area (Å²) in [5.41, 5.74) is 0. The first kappa shape index (κ1) is 12.6. The molecule has 4 nitrogen and oxygen atoms in total. The normalized spacial score (nSPS) is 10.1. The van der Waals surface area contributed by atoms with Gasteiger partial charge in [0.25, 0.3) is 0 Å². The van der Waals surface area contributed by atoms with E-state index in [0.29, 0.717) is 13.2 Å². The zero-order chi connectivity index (χ0) is 11.6. The van der Waals surface area contributed by atoms with Crippen LogP contribution in [0.5, 0.6) is 0 Å². The fourth-order valence-electron chi connectivity index (χ4n) is 1.32. The van der Waals surface area contributed by atoms with Crippen molar-refractivity contribution >= 4 is 6.09 Å². The van der Waals surface area contributed by atoms with Crippen LogP contribution in [0.4, 0.5) is 4.79 Å². The Bertz CT molecular complexity index is 282. The van der Waals surface area contributed by atoms with Crippen molar-refractivity contribution in [2.45, 2.75) is 39.2 Å². The number of unbranched alkanes of at least 4 members (excludes halogenated alkanes) is 3. The highest BCUT2D eigenvalue weighted by molar-refractivity contribution is 5.66. The third kappa shape index (κ3) is 5.44. The van der Waals surface area contributed by atoms with E-state index in [9.17, 15) is 4.79 Å². The van der Waals surface area contributed by atoms with Gasteiger partial charge in [-0.15, -0.1) is 0 Å². The molecular weight excluding hydrogens is 206 g/mol. The standard InChI is InChI=1S/C12H19NO3/c1-2-3-4-5-8-16-12(14)13-10-11-7-6-9-15-11/h6-7,9H,2-5,8,10H2,1H3,(H,13,14). The van der Waals surface area contributed by atoms with E-state index in [1.54, 1.807) is 12.3 Å². The zero-order valence-corrected chi connectivity index (χ0v) is 9.70. The zero-order valence-electron chi connectivity index (χ0n) is 9.70. The topological polar surface area (TPSA) is 51.5 Å². The fourth-order valence-corrected chi connectivity index (χ4v) is 1.32. The highest BCUT2D eigenvalue weighted by atomic mass is 16.5. The molecule has 1 N–H and O–H groups in total.